The van der Waals surface area contributed by atoms with E-state index in [0.717, 1.165) is 41.1 Å². The summed E-state index contributed by atoms with van der Waals surface area (Å²) < 4.78 is 38.2. The van der Waals surface area contributed by atoms with E-state index in [4.69, 9.17) is 9.47 Å². The highest BCUT2D eigenvalue weighted by molar-refractivity contribution is 7.92. The quantitative estimate of drug-likeness (QED) is 0.463. The SMILES string of the molecule is CCC(C(=O)NC1CCCC1)N(Cc1ccc(C)cc1)C(=O)CN(c1ccc2c(c1)OCO2)S(=O)(=O)CC. The van der Waals surface area contributed by atoms with Gasteiger partial charge in [0.05, 0.1) is 11.4 Å². The Morgan fingerprint density at radius 2 is 1.71 bits per heavy atom. The summed E-state index contributed by atoms with van der Waals surface area (Å²) in [6.45, 7) is 5.19. The van der Waals surface area contributed by atoms with Gasteiger partial charge in [-0.2, -0.15) is 0 Å². The van der Waals surface area contributed by atoms with Gasteiger partial charge in [0.15, 0.2) is 11.5 Å². The van der Waals surface area contributed by atoms with Gasteiger partial charge in [-0.25, -0.2) is 8.42 Å². The van der Waals surface area contributed by atoms with Crippen LogP contribution < -0.4 is 19.1 Å². The zero-order valence-electron chi connectivity index (χ0n) is 22.3. The third-order valence-electron chi connectivity index (χ3n) is 7.18. The maximum Gasteiger partial charge on any atom is 0.244 e. The monoisotopic (exact) mass is 543 g/mol. The molecule has 2 aromatic carbocycles. The van der Waals surface area contributed by atoms with Crippen LogP contribution >= 0.6 is 0 Å². The Morgan fingerprint density at radius 3 is 2.37 bits per heavy atom. The van der Waals surface area contributed by atoms with E-state index in [1.54, 1.807) is 18.2 Å². The summed E-state index contributed by atoms with van der Waals surface area (Å²) in [4.78, 5) is 28.8. The van der Waals surface area contributed by atoms with Gasteiger partial charge in [0, 0.05) is 18.7 Å². The molecule has 38 heavy (non-hydrogen) atoms. The molecule has 0 bridgehead atoms. The van der Waals surface area contributed by atoms with Gasteiger partial charge < -0.3 is 19.7 Å². The van der Waals surface area contributed by atoms with Crippen molar-refractivity contribution in [1.29, 1.82) is 0 Å². The number of carbonyl (C=O) groups excluding carboxylic acids is 2. The second-order valence-corrected chi connectivity index (χ2v) is 12.0. The average molecular weight is 544 g/mol. The molecular weight excluding hydrogens is 506 g/mol. The molecule has 1 heterocycles. The molecule has 0 spiro atoms. The van der Waals surface area contributed by atoms with Crippen molar-refractivity contribution in [2.45, 2.75) is 71.5 Å². The molecule has 2 aliphatic rings. The summed E-state index contributed by atoms with van der Waals surface area (Å²) in [7, 11) is -3.82. The highest BCUT2D eigenvalue weighted by Gasteiger charge is 2.34. The summed E-state index contributed by atoms with van der Waals surface area (Å²) in [5.74, 6) is 0.0997. The van der Waals surface area contributed by atoms with Gasteiger partial charge in [-0.3, -0.25) is 13.9 Å². The Labute approximate surface area is 225 Å². The van der Waals surface area contributed by atoms with Crippen LogP contribution in [0, 0.1) is 6.92 Å². The van der Waals surface area contributed by atoms with E-state index in [-0.39, 0.29) is 31.0 Å². The Balaban J connectivity index is 1.64. The number of benzene rings is 2. The molecule has 1 N–H and O–H groups in total. The maximum absolute atomic E-state index is 13.9. The fraction of sp³-hybridized carbons (Fsp3) is 0.500. The van der Waals surface area contributed by atoms with Gasteiger partial charge in [0.2, 0.25) is 28.6 Å². The minimum absolute atomic E-state index is 0.0524. The number of hydrogen-bond donors (Lipinski definition) is 1. The third kappa shape index (κ3) is 6.40. The van der Waals surface area contributed by atoms with E-state index in [1.165, 1.54) is 11.8 Å². The molecule has 1 saturated carbocycles. The van der Waals surface area contributed by atoms with Crippen LogP contribution in [0.4, 0.5) is 5.69 Å². The molecule has 1 aliphatic heterocycles. The van der Waals surface area contributed by atoms with Crippen LogP contribution in [0.15, 0.2) is 42.5 Å². The summed E-state index contributed by atoms with van der Waals surface area (Å²) >= 11 is 0. The Hall–Kier alpha value is -3.27. The van der Waals surface area contributed by atoms with Crippen molar-refractivity contribution in [1.82, 2.24) is 10.2 Å². The maximum atomic E-state index is 13.9. The van der Waals surface area contributed by atoms with E-state index in [9.17, 15) is 18.0 Å². The summed E-state index contributed by atoms with van der Waals surface area (Å²) in [5, 5.41) is 3.12. The summed E-state index contributed by atoms with van der Waals surface area (Å²) in [6, 6.07) is 11.9. The van der Waals surface area contributed by atoms with Gasteiger partial charge in [-0.1, -0.05) is 49.6 Å². The molecule has 1 fully saturated rings. The van der Waals surface area contributed by atoms with E-state index in [0.29, 0.717) is 23.6 Å². The van der Waals surface area contributed by atoms with Gasteiger partial charge in [0.1, 0.15) is 12.6 Å². The standard InChI is InChI=1S/C28H37N3O6S/c1-4-24(28(33)29-22-8-6-7-9-22)30(17-21-12-10-20(3)11-13-21)27(32)18-31(38(34,35)5-2)23-14-15-25-26(16-23)37-19-36-25/h10-16,22,24H,4-9,17-19H2,1-3H3,(H,29,33). The lowest BCUT2D eigenvalue weighted by Gasteiger charge is -2.33. The molecule has 1 atom stereocenters. The highest BCUT2D eigenvalue weighted by atomic mass is 32.2. The second kappa shape index (κ2) is 12.1. The first-order valence-electron chi connectivity index (χ1n) is 13.3. The van der Waals surface area contributed by atoms with Crippen LogP contribution in [-0.4, -0.2) is 56.3 Å². The number of ether oxygens (including phenoxy) is 2. The molecule has 2 aromatic rings. The van der Waals surface area contributed by atoms with Crippen LogP contribution in [0.25, 0.3) is 0 Å². The molecule has 2 amide bonds. The number of fused-ring (bicyclic) bond motifs is 1. The van der Waals surface area contributed by atoms with Crippen molar-refractivity contribution in [2.75, 3.05) is 23.4 Å². The van der Waals surface area contributed by atoms with E-state index in [1.807, 2.05) is 38.1 Å². The molecule has 1 unspecified atom stereocenters. The molecule has 10 heteroatoms. The molecule has 0 saturated heterocycles. The molecule has 9 nitrogen and oxygen atoms in total. The van der Waals surface area contributed by atoms with Gasteiger partial charge in [-0.05, 0) is 50.8 Å². The Kier molecular flexibility index (Phi) is 8.81. The number of sulfonamides is 1. The van der Waals surface area contributed by atoms with Crippen molar-refractivity contribution in [2.24, 2.45) is 0 Å². The first-order chi connectivity index (χ1) is 18.2. The first-order valence-corrected chi connectivity index (χ1v) is 14.9. The summed E-state index contributed by atoms with van der Waals surface area (Å²) in [6.07, 6.45) is 4.42. The Bertz CT molecular complexity index is 1240. The topological polar surface area (TPSA) is 105 Å². The predicted octanol–water partition coefficient (Wildman–Crippen LogP) is 3.75. The zero-order chi connectivity index (χ0) is 27.3. The average Bonchev–Trinajstić information content (AvgIpc) is 3.59. The van der Waals surface area contributed by atoms with Crippen LogP contribution in [-0.2, 0) is 26.2 Å². The van der Waals surface area contributed by atoms with Crippen molar-refractivity contribution >= 4 is 27.5 Å². The molecule has 0 aromatic heterocycles. The molecule has 1 aliphatic carbocycles. The van der Waals surface area contributed by atoms with Crippen LogP contribution in [0.1, 0.15) is 57.1 Å². The fourth-order valence-electron chi connectivity index (χ4n) is 4.94. The number of hydrogen-bond acceptors (Lipinski definition) is 6. The largest absolute Gasteiger partial charge is 0.454 e. The van der Waals surface area contributed by atoms with Crippen LogP contribution in [0.2, 0.25) is 0 Å². The van der Waals surface area contributed by atoms with Crippen molar-refractivity contribution in [3.63, 3.8) is 0 Å². The van der Waals surface area contributed by atoms with Gasteiger partial charge in [-0.15, -0.1) is 0 Å². The lowest BCUT2D eigenvalue weighted by molar-refractivity contribution is -0.140. The fourth-order valence-corrected chi connectivity index (χ4v) is 5.99. The van der Waals surface area contributed by atoms with E-state index in [2.05, 4.69) is 5.32 Å². The molecule has 206 valence electrons. The number of aryl methyl sites for hydroxylation is 1. The lowest BCUT2D eigenvalue weighted by Crippen LogP contribution is -2.53. The van der Waals surface area contributed by atoms with E-state index >= 15 is 0 Å². The minimum Gasteiger partial charge on any atom is -0.454 e. The van der Waals surface area contributed by atoms with Gasteiger partial charge in [0.25, 0.3) is 0 Å². The minimum atomic E-state index is -3.82. The number of rotatable bonds is 11. The van der Waals surface area contributed by atoms with Crippen molar-refractivity contribution < 1.29 is 27.5 Å². The highest BCUT2D eigenvalue weighted by Crippen LogP contribution is 2.36. The number of nitrogens with zero attached hydrogens (tertiary/aromatic N) is 2. The van der Waals surface area contributed by atoms with E-state index < -0.39 is 28.5 Å². The number of nitrogens with one attached hydrogen (secondary N) is 1. The number of anilines is 1. The lowest BCUT2D eigenvalue weighted by atomic mass is 10.1. The normalized spacial score (nSPS) is 15.8. The summed E-state index contributed by atoms with van der Waals surface area (Å²) in [5.41, 5.74) is 2.26. The predicted molar refractivity (Wildman–Crippen MR) is 146 cm³/mol. The molecule has 0 radical (unpaired) electrons. The molecular formula is C28H37N3O6S. The van der Waals surface area contributed by atoms with Gasteiger partial charge >= 0.3 is 0 Å². The number of amides is 2. The first kappa shape index (κ1) is 27.8. The van der Waals surface area contributed by atoms with Crippen molar-refractivity contribution in [3.8, 4) is 11.5 Å². The smallest absolute Gasteiger partial charge is 0.244 e. The number of carbonyl (C=O) groups is 2. The molecule has 4 rings (SSSR count). The Morgan fingerprint density at radius 1 is 1.03 bits per heavy atom. The van der Waals surface area contributed by atoms with Crippen LogP contribution in [0.5, 0.6) is 11.5 Å². The third-order valence-corrected chi connectivity index (χ3v) is 8.93. The zero-order valence-corrected chi connectivity index (χ0v) is 23.1. The second-order valence-electron chi connectivity index (χ2n) is 9.87. The van der Waals surface area contributed by atoms with Crippen molar-refractivity contribution in [3.05, 3.63) is 53.6 Å². The van der Waals surface area contributed by atoms with Crippen LogP contribution in [0.3, 0.4) is 0 Å².